The average Bonchev–Trinajstić information content (AvgIpc) is 2.28. The molecule has 3 heteroatoms. The molecule has 0 saturated carbocycles. The lowest BCUT2D eigenvalue weighted by Crippen LogP contribution is -2.00. The second kappa shape index (κ2) is 5.88. The summed E-state index contributed by atoms with van der Waals surface area (Å²) < 4.78 is 22.7. The van der Waals surface area contributed by atoms with Gasteiger partial charge in [-0.1, -0.05) is 25.5 Å². The van der Waals surface area contributed by atoms with Crippen LogP contribution < -0.4 is 0 Å². The van der Waals surface area contributed by atoms with Crippen molar-refractivity contribution in [3.63, 3.8) is 0 Å². The topological polar surface area (TPSA) is 34.1 Å². The average molecular weight is 250 g/mol. The molecule has 2 nitrogen and oxygen atoms in total. The lowest BCUT2D eigenvalue weighted by atomic mass is 9.92. The van der Waals surface area contributed by atoms with E-state index in [1.54, 1.807) is 12.1 Å². The molecule has 0 aliphatic carbocycles. The molecule has 0 bridgehead atoms. The fraction of sp³-hybridized carbons (Fsp3) is 0.429. The van der Waals surface area contributed by atoms with Crippen LogP contribution >= 0.6 is 0 Å². The molecule has 0 aromatic heterocycles. The summed E-state index contributed by atoms with van der Waals surface area (Å²) in [5.74, 6) is 3.01. The lowest BCUT2D eigenvalue weighted by Gasteiger charge is -2.13. The summed E-state index contributed by atoms with van der Waals surface area (Å²) in [4.78, 5) is 0.359. The maximum absolute atomic E-state index is 11.3. The third kappa shape index (κ3) is 3.90. The van der Waals surface area contributed by atoms with Crippen molar-refractivity contribution in [1.29, 1.82) is 0 Å². The van der Waals surface area contributed by atoms with Gasteiger partial charge in [-0.15, -0.1) is 12.3 Å². The Bertz CT molecular complexity index is 492. The van der Waals surface area contributed by atoms with Crippen molar-refractivity contribution in [3.05, 3.63) is 29.8 Å². The molecule has 0 aliphatic heterocycles. The summed E-state index contributed by atoms with van der Waals surface area (Å²) >= 11 is 0. The summed E-state index contributed by atoms with van der Waals surface area (Å²) in [5.41, 5.74) is 1.12. The Morgan fingerprint density at radius 1 is 1.29 bits per heavy atom. The zero-order chi connectivity index (χ0) is 12.9. The second-order valence-electron chi connectivity index (χ2n) is 4.24. The van der Waals surface area contributed by atoms with Gasteiger partial charge in [0.25, 0.3) is 0 Å². The second-order valence-corrected chi connectivity index (χ2v) is 6.25. The van der Waals surface area contributed by atoms with Crippen molar-refractivity contribution >= 4 is 9.84 Å². The van der Waals surface area contributed by atoms with Gasteiger partial charge in [0.15, 0.2) is 9.84 Å². The maximum Gasteiger partial charge on any atom is 0.175 e. The van der Waals surface area contributed by atoms with Crippen molar-refractivity contribution in [2.75, 3.05) is 6.26 Å². The van der Waals surface area contributed by atoms with Gasteiger partial charge in [0.05, 0.1) is 4.90 Å². The predicted molar refractivity (Wildman–Crippen MR) is 70.7 cm³/mol. The van der Waals surface area contributed by atoms with Crippen LogP contribution in [-0.2, 0) is 9.84 Å². The minimum absolute atomic E-state index is 0.332. The normalized spacial score (nSPS) is 13.0. The van der Waals surface area contributed by atoms with Crippen LogP contribution in [0, 0.1) is 12.3 Å². The zero-order valence-corrected chi connectivity index (χ0v) is 11.1. The molecule has 1 atom stereocenters. The van der Waals surface area contributed by atoms with E-state index in [0.717, 1.165) is 18.4 Å². The summed E-state index contributed by atoms with van der Waals surface area (Å²) in [6.45, 7) is 2.12. The summed E-state index contributed by atoms with van der Waals surface area (Å²) in [6, 6.07) is 7.05. The Hall–Kier alpha value is -1.27. The molecule has 1 aromatic carbocycles. The largest absolute Gasteiger partial charge is 0.224 e. The first-order valence-corrected chi connectivity index (χ1v) is 7.61. The summed E-state index contributed by atoms with van der Waals surface area (Å²) in [7, 11) is -3.11. The number of terminal acetylenes is 1. The number of hydrogen-bond donors (Lipinski definition) is 0. The van der Waals surface area contributed by atoms with E-state index in [2.05, 4.69) is 12.8 Å². The first-order chi connectivity index (χ1) is 7.99. The number of sulfone groups is 1. The molecule has 92 valence electrons. The SMILES string of the molecule is C#CCC(CCC)c1ccc(S(C)(=O)=O)cc1. The van der Waals surface area contributed by atoms with Crippen LogP contribution in [0.5, 0.6) is 0 Å². The van der Waals surface area contributed by atoms with Crippen LogP contribution in [0.25, 0.3) is 0 Å². The van der Waals surface area contributed by atoms with Crippen molar-refractivity contribution < 1.29 is 8.42 Å². The van der Waals surface area contributed by atoms with Gasteiger partial charge < -0.3 is 0 Å². The Labute approximate surface area is 104 Å². The van der Waals surface area contributed by atoms with Gasteiger partial charge in [0, 0.05) is 12.7 Å². The van der Waals surface area contributed by atoms with E-state index in [0.29, 0.717) is 17.2 Å². The number of benzene rings is 1. The minimum Gasteiger partial charge on any atom is -0.224 e. The third-order valence-electron chi connectivity index (χ3n) is 2.78. The van der Waals surface area contributed by atoms with E-state index >= 15 is 0 Å². The molecule has 0 aliphatic rings. The van der Waals surface area contributed by atoms with Crippen molar-refractivity contribution in [2.24, 2.45) is 0 Å². The molecule has 0 fully saturated rings. The van der Waals surface area contributed by atoms with Crippen LogP contribution in [0.4, 0.5) is 0 Å². The van der Waals surface area contributed by atoms with E-state index < -0.39 is 9.84 Å². The highest BCUT2D eigenvalue weighted by Gasteiger charge is 2.11. The standard InChI is InChI=1S/C14H18O2S/c1-4-6-12(7-5-2)13-8-10-14(11-9-13)17(3,15)16/h1,8-12H,5-7H2,2-3H3. The van der Waals surface area contributed by atoms with Gasteiger partial charge in [0.1, 0.15) is 0 Å². The van der Waals surface area contributed by atoms with E-state index in [-0.39, 0.29) is 0 Å². The summed E-state index contributed by atoms with van der Waals surface area (Å²) in [6.07, 6.45) is 9.37. The smallest absolute Gasteiger partial charge is 0.175 e. The highest BCUT2D eigenvalue weighted by atomic mass is 32.2. The molecule has 1 rings (SSSR count). The Kier molecular flexibility index (Phi) is 4.77. The first kappa shape index (κ1) is 13.8. The summed E-state index contributed by atoms with van der Waals surface area (Å²) in [5, 5.41) is 0. The monoisotopic (exact) mass is 250 g/mol. The lowest BCUT2D eigenvalue weighted by molar-refractivity contribution is 0.601. The van der Waals surface area contributed by atoms with Crippen LogP contribution in [0.1, 0.15) is 37.7 Å². The van der Waals surface area contributed by atoms with Gasteiger partial charge in [-0.05, 0) is 30.0 Å². The molecular weight excluding hydrogens is 232 g/mol. The number of hydrogen-bond acceptors (Lipinski definition) is 2. The highest BCUT2D eigenvalue weighted by molar-refractivity contribution is 7.90. The van der Waals surface area contributed by atoms with Crippen molar-refractivity contribution in [1.82, 2.24) is 0 Å². The van der Waals surface area contributed by atoms with E-state index in [1.165, 1.54) is 6.26 Å². The van der Waals surface area contributed by atoms with E-state index in [9.17, 15) is 8.42 Å². The molecule has 0 saturated heterocycles. The van der Waals surface area contributed by atoms with E-state index in [4.69, 9.17) is 6.42 Å². The predicted octanol–water partition coefficient (Wildman–Crippen LogP) is 3.00. The van der Waals surface area contributed by atoms with Crippen molar-refractivity contribution in [3.8, 4) is 12.3 Å². The molecule has 0 radical (unpaired) electrons. The molecular formula is C14H18O2S. The van der Waals surface area contributed by atoms with Crippen LogP contribution in [0.3, 0.4) is 0 Å². The highest BCUT2D eigenvalue weighted by Crippen LogP contribution is 2.25. The fourth-order valence-corrected chi connectivity index (χ4v) is 2.49. The molecule has 1 aromatic rings. The Balaban J connectivity index is 2.96. The Morgan fingerprint density at radius 2 is 1.88 bits per heavy atom. The quantitative estimate of drug-likeness (QED) is 0.753. The van der Waals surface area contributed by atoms with Crippen LogP contribution in [0.15, 0.2) is 29.2 Å². The van der Waals surface area contributed by atoms with Gasteiger partial charge >= 0.3 is 0 Å². The zero-order valence-electron chi connectivity index (χ0n) is 10.3. The minimum atomic E-state index is -3.11. The molecule has 0 spiro atoms. The molecule has 0 amide bonds. The van der Waals surface area contributed by atoms with Crippen LogP contribution in [0.2, 0.25) is 0 Å². The Morgan fingerprint density at radius 3 is 2.29 bits per heavy atom. The van der Waals surface area contributed by atoms with Gasteiger partial charge in [-0.2, -0.15) is 0 Å². The molecule has 1 unspecified atom stereocenters. The first-order valence-electron chi connectivity index (χ1n) is 5.72. The van der Waals surface area contributed by atoms with E-state index in [1.807, 2.05) is 12.1 Å². The fourth-order valence-electron chi connectivity index (χ4n) is 1.86. The van der Waals surface area contributed by atoms with Crippen LogP contribution in [-0.4, -0.2) is 14.7 Å². The van der Waals surface area contributed by atoms with Gasteiger partial charge in [-0.3, -0.25) is 0 Å². The maximum atomic E-state index is 11.3. The molecule has 0 N–H and O–H groups in total. The van der Waals surface area contributed by atoms with Gasteiger partial charge in [0.2, 0.25) is 0 Å². The molecule has 17 heavy (non-hydrogen) atoms. The van der Waals surface area contributed by atoms with Gasteiger partial charge in [-0.25, -0.2) is 8.42 Å². The molecule has 0 heterocycles. The third-order valence-corrected chi connectivity index (χ3v) is 3.91. The van der Waals surface area contributed by atoms with Crippen molar-refractivity contribution in [2.45, 2.75) is 37.0 Å². The number of rotatable bonds is 5.